The third-order valence-corrected chi connectivity index (χ3v) is 4.60. The van der Waals surface area contributed by atoms with Gasteiger partial charge in [-0.25, -0.2) is 0 Å². The van der Waals surface area contributed by atoms with Gasteiger partial charge in [-0.2, -0.15) is 0 Å². The molecule has 0 aromatic heterocycles. The largest absolute Gasteiger partial charge is 0.482 e. The van der Waals surface area contributed by atoms with Crippen LogP contribution < -0.4 is 15.4 Å². The third-order valence-electron chi connectivity index (χ3n) is 4.29. The minimum atomic E-state index is -0.147. The summed E-state index contributed by atoms with van der Waals surface area (Å²) in [6.45, 7) is 4.62. The van der Waals surface area contributed by atoms with Crippen LogP contribution in [-0.2, 0) is 4.79 Å². The molecule has 1 aliphatic heterocycles. The summed E-state index contributed by atoms with van der Waals surface area (Å²) in [5, 5.41) is 6.91. The molecule has 1 amide bonds. The van der Waals surface area contributed by atoms with Gasteiger partial charge < -0.3 is 15.4 Å². The second-order valence-corrected chi connectivity index (χ2v) is 6.65. The van der Waals surface area contributed by atoms with Gasteiger partial charge in [0.1, 0.15) is 5.75 Å². The second-order valence-electron chi connectivity index (χ2n) is 6.24. The Morgan fingerprint density at radius 1 is 1.45 bits per heavy atom. The van der Waals surface area contributed by atoms with E-state index in [2.05, 4.69) is 24.5 Å². The van der Waals surface area contributed by atoms with Crippen molar-refractivity contribution >= 4 is 28.9 Å². The Morgan fingerprint density at radius 3 is 2.95 bits per heavy atom. The minimum Gasteiger partial charge on any atom is -0.482 e. The molecule has 1 saturated carbocycles. The number of benzene rings is 1. The number of anilines is 2. The fourth-order valence-electron chi connectivity index (χ4n) is 2.99. The SMILES string of the molecule is CC1(C)CCCC1Nc1cc2c(cc1Cl)NC(=O)CO2. The fourth-order valence-corrected chi connectivity index (χ4v) is 3.21. The number of carbonyl (C=O) groups excluding carboxylic acids is 1. The van der Waals surface area contributed by atoms with Crippen LogP contribution in [0, 0.1) is 5.41 Å². The molecule has 1 aromatic carbocycles. The van der Waals surface area contributed by atoms with E-state index in [1.165, 1.54) is 12.8 Å². The maximum atomic E-state index is 11.3. The van der Waals surface area contributed by atoms with Gasteiger partial charge in [0.25, 0.3) is 5.91 Å². The van der Waals surface area contributed by atoms with Gasteiger partial charge in [-0.05, 0) is 24.3 Å². The highest BCUT2D eigenvalue weighted by Crippen LogP contribution is 2.42. The molecule has 0 saturated heterocycles. The van der Waals surface area contributed by atoms with Gasteiger partial charge in [0, 0.05) is 12.1 Å². The molecule has 0 spiro atoms. The van der Waals surface area contributed by atoms with Crippen molar-refractivity contribution in [3.05, 3.63) is 17.2 Å². The van der Waals surface area contributed by atoms with Crippen LogP contribution in [0.15, 0.2) is 12.1 Å². The number of fused-ring (bicyclic) bond motifs is 1. The normalized spacial score (nSPS) is 23.8. The average molecular weight is 295 g/mol. The second kappa shape index (κ2) is 4.85. The lowest BCUT2D eigenvalue weighted by Gasteiger charge is -2.29. The molecule has 108 valence electrons. The lowest BCUT2D eigenvalue weighted by molar-refractivity contribution is -0.118. The Morgan fingerprint density at radius 2 is 2.25 bits per heavy atom. The van der Waals surface area contributed by atoms with Gasteiger partial charge in [-0.15, -0.1) is 0 Å². The molecule has 2 aliphatic rings. The van der Waals surface area contributed by atoms with Gasteiger partial charge in [0.15, 0.2) is 6.61 Å². The van der Waals surface area contributed by atoms with Gasteiger partial charge in [-0.1, -0.05) is 31.9 Å². The molecule has 1 heterocycles. The summed E-state index contributed by atoms with van der Waals surface area (Å²) < 4.78 is 5.44. The first-order valence-electron chi connectivity index (χ1n) is 6.98. The highest BCUT2D eigenvalue weighted by Gasteiger charge is 2.34. The number of rotatable bonds is 2. The van der Waals surface area contributed by atoms with Crippen molar-refractivity contribution in [3.63, 3.8) is 0 Å². The molecular formula is C15H19ClN2O2. The van der Waals surface area contributed by atoms with Crippen molar-refractivity contribution in [3.8, 4) is 5.75 Å². The molecule has 1 aromatic rings. The van der Waals surface area contributed by atoms with Crippen molar-refractivity contribution in [1.82, 2.24) is 0 Å². The van der Waals surface area contributed by atoms with E-state index < -0.39 is 0 Å². The molecule has 2 N–H and O–H groups in total. The number of carbonyl (C=O) groups is 1. The zero-order chi connectivity index (χ0) is 14.3. The summed E-state index contributed by atoms with van der Waals surface area (Å²) >= 11 is 6.31. The van der Waals surface area contributed by atoms with Crippen LogP contribution in [0.1, 0.15) is 33.1 Å². The topological polar surface area (TPSA) is 50.4 Å². The molecule has 4 nitrogen and oxygen atoms in total. The van der Waals surface area contributed by atoms with Crippen molar-refractivity contribution in [2.24, 2.45) is 5.41 Å². The lowest BCUT2D eigenvalue weighted by Crippen LogP contribution is -2.31. The molecule has 20 heavy (non-hydrogen) atoms. The van der Waals surface area contributed by atoms with E-state index in [4.69, 9.17) is 16.3 Å². The number of halogens is 1. The molecule has 1 atom stereocenters. The molecule has 1 aliphatic carbocycles. The van der Waals surface area contributed by atoms with E-state index in [-0.39, 0.29) is 17.9 Å². The summed E-state index contributed by atoms with van der Waals surface area (Å²) in [5.41, 5.74) is 1.79. The highest BCUT2D eigenvalue weighted by molar-refractivity contribution is 6.33. The van der Waals surface area contributed by atoms with Crippen LogP contribution in [0.3, 0.4) is 0 Å². The number of hydrogen-bond acceptors (Lipinski definition) is 3. The van der Waals surface area contributed by atoms with E-state index in [9.17, 15) is 4.79 Å². The Labute approximate surface area is 123 Å². The summed E-state index contributed by atoms with van der Waals surface area (Å²) in [7, 11) is 0. The van der Waals surface area contributed by atoms with Crippen molar-refractivity contribution in [1.29, 1.82) is 0 Å². The number of ether oxygens (including phenoxy) is 1. The molecule has 5 heteroatoms. The Hall–Kier alpha value is -1.42. The molecule has 0 bridgehead atoms. The molecule has 1 fully saturated rings. The third kappa shape index (κ3) is 2.44. The summed E-state index contributed by atoms with van der Waals surface area (Å²) in [6.07, 6.45) is 3.61. The maximum absolute atomic E-state index is 11.3. The predicted octanol–water partition coefficient (Wildman–Crippen LogP) is 3.66. The Balaban J connectivity index is 1.86. The van der Waals surface area contributed by atoms with E-state index in [0.29, 0.717) is 22.5 Å². The lowest BCUT2D eigenvalue weighted by atomic mass is 9.87. The Kier molecular flexibility index (Phi) is 3.28. The first-order valence-corrected chi connectivity index (χ1v) is 7.36. The average Bonchev–Trinajstić information content (AvgIpc) is 2.70. The Bertz CT molecular complexity index is 557. The summed E-state index contributed by atoms with van der Waals surface area (Å²) in [5.74, 6) is 0.526. The number of amides is 1. The van der Waals surface area contributed by atoms with Gasteiger partial charge in [-0.3, -0.25) is 4.79 Å². The standard InChI is InChI=1S/C15H19ClN2O2/c1-15(2)5-3-4-13(15)17-10-7-12-11(6-9(10)16)18-14(19)8-20-12/h6-7,13,17H,3-5,8H2,1-2H3,(H,18,19). The number of hydrogen-bond donors (Lipinski definition) is 2. The zero-order valence-electron chi connectivity index (χ0n) is 11.8. The van der Waals surface area contributed by atoms with Crippen molar-refractivity contribution < 1.29 is 9.53 Å². The van der Waals surface area contributed by atoms with E-state index in [1.54, 1.807) is 6.07 Å². The number of nitrogens with one attached hydrogen (secondary N) is 2. The molecular weight excluding hydrogens is 276 g/mol. The molecule has 3 rings (SSSR count). The predicted molar refractivity (Wildman–Crippen MR) is 80.6 cm³/mol. The maximum Gasteiger partial charge on any atom is 0.262 e. The molecule has 0 radical (unpaired) electrons. The first-order chi connectivity index (χ1) is 9.45. The summed E-state index contributed by atoms with van der Waals surface area (Å²) in [4.78, 5) is 11.3. The van der Waals surface area contributed by atoms with Crippen molar-refractivity contribution in [2.45, 2.75) is 39.2 Å². The van der Waals surface area contributed by atoms with Crippen LogP contribution in [0.2, 0.25) is 5.02 Å². The van der Waals surface area contributed by atoms with E-state index in [1.807, 2.05) is 6.07 Å². The molecule has 1 unspecified atom stereocenters. The van der Waals surface area contributed by atoms with E-state index in [0.717, 1.165) is 12.1 Å². The van der Waals surface area contributed by atoms with Crippen LogP contribution in [-0.4, -0.2) is 18.6 Å². The monoisotopic (exact) mass is 294 g/mol. The van der Waals surface area contributed by atoms with E-state index >= 15 is 0 Å². The zero-order valence-corrected chi connectivity index (χ0v) is 12.5. The fraction of sp³-hybridized carbons (Fsp3) is 0.533. The van der Waals surface area contributed by atoms with Gasteiger partial charge >= 0.3 is 0 Å². The first kappa shape index (κ1) is 13.6. The van der Waals surface area contributed by atoms with Crippen molar-refractivity contribution in [2.75, 3.05) is 17.2 Å². The van der Waals surface area contributed by atoms with Gasteiger partial charge in [0.2, 0.25) is 0 Å². The van der Waals surface area contributed by atoms with Crippen LogP contribution in [0.25, 0.3) is 0 Å². The highest BCUT2D eigenvalue weighted by atomic mass is 35.5. The van der Waals surface area contributed by atoms with Crippen LogP contribution in [0.5, 0.6) is 5.75 Å². The van der Waals surface area contributed by atoms with Crippen LogP contribution in [0.4, 0.5) is 11.4 Å². The summed E-state index contributed by atoms with van der Waals surface area (Å²) in [6, 6.07) is 4.04. The van der Waals surface area contributed by atoms with Gasteiger partial charge in [0.05, 0.1) is 16.4 Å². The minimum absolute atomic E-state index is 0.0585. The van der Waals surface area contributed by atoms with Crippen LogP contribution >= 0.6 is 11.6 Å². The quantitative estimate of drug-likeness (QED) is 0.875. The smallest absolute Gasteiger partial charge is 0.262 e.